The quantitative estimate of drug-likeness (QED) is 0.879. The molecule has 1 amide bonds. The molecule has 0 aliphatic rings. The predicted molar refractivity (Wildman–Crippen MR) is 93.3 cm³/mol. The van der Waals surface area contributed by atoms with Crippen molar-refractivity contribution >= 4 is 18.3 Å². The molecule has 0 fully saturated rings. The second kappa shape index (κ2) is 8.13. The number of aryl methyl sites for hydroxylation is 1. The van der Waals surface area contributed by atoms with Crippen LogP contribution in [0.4, 0.5) is 4.39 Å². The van der Waals surface area contributed by atoms with Crippen LogP contribution >= 0.6 is 12.4 Å². The molecular weight excluding hydrogens is 317 g/mol. The first-order chi connectivity index (χ1) is 10.4. The SMILES string of the molecule is CNC(C)CNC(=O)c1cc(C)n(-c2ccc(F)cc2)c1C.Cl. The zero-order valence-corrected chi connectivity index (χ0v) is 14.6. The van der Waals surface area contributed by atoms with Crippen molar-refractivity contribution in [3.8, 4) is 5.69 Å². The van der Waals surface area contributed by atoms with Gasteiger partial charge in [0.15, 0.2) is 0 Å². The van der Waals surface area contributed by atoms with Gasteiger partial charge in [0.1, 0.15) is 5.82 Å². The van der Waals surface area contributed by atoms with Crippen LogP contribution in [0.5, 0.6) is 0 Å². The van der Waals surface area contributed by atoms with Gasteiger partial charge in [-0.2, -0.15) is 0 Å². The smallest absolute Gasteiger partial charge is 0.253 e. The number of carbonyl (C=O) groups excluding carboxylic acids is 1. The summed E-state index contributed by atoms with van der Waals surface area (Å²) >= 11 is 0. The van der Waals surface area contributed by atoms with E-state index >= 15 is 0 Å². The maximum atomic E-state index is 13.1. The van der Waals surface area contributed by atoms with E-state index in [4.69, 9.17) is 0 Å². The number of hydrogen-bond donors (Lipinski definition) is 2. The minimum atomic E-state index is -0.273. The Labute approximate surface area is 142 Å². The second-order valence-electron chi connectivity index (χ2n) is 5.50. The molecule has 0 aliphatic carbocycles. The molecular formula is C17H23ClFN3O. The molecule has 0 radical (unpaired) electrons. The predicted octanol–water partition coefficient (Wildman–Crippen LogP) is 2.99. The first kappa shape index (κ1) is 19.2. The molecule has 0 spiro atoms. The van der Waals surface area contributed by atoms with E-state index in [1.165, 1.54) is 12.1 Å². The Bertz CT molecular complexity index is 667. The molecule has 1 heterocycles. The van der Waals surface area contributed by atoms with E-state index < -0.39 is 0 Å². The molecule has 0 saturated heterocycles. The summed E-state index contributed by atoms with van der Waals surface area (Å²) in [7, 11) is 1.86. The molecule has 0 saturated carbocycles. The van der Waals surface area contributed by atoms with Gasteiger partial charge in [-0.1, -0.05) is 0 Å². The van der Waals surface area contributed by atoms with Crippen LogP contribution in [0.25, 0.3) is 5.69 Å². The Morgan fingerprint density at radius 3 is 2.43 bits per heavy atom. The highest BCUT2D eigenvalue weighted by Crippen LogP contribution is 2.21. The third-order valence-electron chi connectivity index (χ3n) is 3.82. The fraction of sp³-hybridized carbons (Fsp3) is 0.353. The third kappa shape index (κ3) is 4.33. The van der Waals surface area contributed by atoms with Crippen LogP contribution in [0.1, 0.15) is 28.7 Å². The number of halogens is 2. The first-order valence-corrected chi connectivity index (χ1v) is 7.34. The molecule has 4 nitrogen and oxygen atoms in total. The van der Waals surface area contributed by atoms with Crippen molar-refractivity contribution in [1.29, 1.82) is 0 Å². The van der Waals surface area contributed by atoms with E-state index in [9.17, 15) is 9.18 Å². The minimum Gasteiger partial charge on any atom is -0.350 e. The lowest BCUT2D eigenvalue weighted by molar-refractivity contribution is 0.0950. The summed E-state index contributed by atoms with van der Waals surface area (Å²) in [5.41, 5.74) is 3.28. The van der Waals surface area contributed by atoms with Gasteiger partial charge in [0, 0.05) is 29.7 Å². The molecule has 1 atom stereocenters. The number of likely N-dealkylation sites (N-methyl/N-ethyl adjacent to an activating group) is 1. The summed E-state index contributed by atoms with van der Waals surface area (Å²) < 4.78 is 15.0. The Kier molecular flexibility index (Phi) is 6.79. The molecule has 0 bridgehead atoms. The summed E-state index contributed by atoms with van der Waals surface area (Å²) in [5, 5.41) is 6.00. The lowest BCUT2D eigenvalue weighted by Gasteiger charge is -2.12. The van der Waals surface area contributed by atoms with Gasteiger partial charge in [-0.3, -0.25) is 4.79 Å². The Morgan fingerprint density at radius 1 is 1.26 bits per heavy atom. The number of hydrogen-bond acceptors (Lipinski definition) is 2. The normalized spacial score (nSPS) is 11.7. The molecule has 6 heteroatoms. The highest BCUT2D eigenvalue weighted by Gasteiger charge is 2.16. The number of nitrogens with zero attached hydrogens (tertiary/aromatic N) is 1. The standard InChI is InChI=1S/C17H22FN3O.ClH/c1-11(19-4)10-20-17(22)16-9-12(2)21(13(16)3)15-7-5-14(18)6-8-15;/h5-9,11,19H,10H2,1-4H3,(H,20,22);1H. The number of amides is 1. The number of rotatable bonds is 5. The van der Waals surface area contributed by atoms with E-state index in [-0.39, 0.29) is 30.2 Å². The van der Waals surface area contributed by atoms with Crippen molar-refractivity contribution in [3.63, 3.8) is 0 Å². The van der Waals surface area contributed by atoms with Crippen LogP contribution in [0.2, 0.25) is 0 Å². The van der Waals surface area contributed by atoms with Gasteiger partial charge in [-0.25, -0.2) is 4.39 Å². The first-order valence-electron chi connectivity index (χ1n) is 7.34. The van der Waals surface area contributed by atoms with Gasteiger partial charge in [0.05, 0.1) is 5.56 Å². The largest absolute Gasteiger partial charge is 0.350 e. The van der Waals surface area contributed by atoms with Crippen LogP contribution in [0, 0.1) is 19.7 Å². The monoisotopic (exact) mass is 339 g/mol. The number of carbonyl (C=O) groups is 1. The molecule has 2 aromatic rings. The number of nitrogens with one attached hydrogen (secondary N) is 2. The summed E-state index contributed by atoms with van der Waals surface area (Å²) in [6.07, 6.45) is 0. The molecule has 1 unspecified atom stereocenters. The lowest BCUT2D eigenvalue weighted by Crippen LogP contribution is -2.37. The highest BCUT2D eigenvalue weighted by atomic mass is 35.5. The van der Waals surface area contributed by atoms with E-state index in [1.807, 2.05) is 38.5 Å². The van der Waals surface area contributed by atoms with Gasteiger partial charge in [0.2, 0.25) is 0 Å². The van der Waals surface area contributed by atoms with E-state index in [0.717, 1.165) is 17.1 Å². The van der Waals surface area contributed by atoms with Crippen LogP contribution in [0.15, 0.2) is 30.3 Å². The van der Waals surface area contributed by atoms with Crippen molar-refractivity contribution < 1.29 is 9.18 Å². The van der Waals surface area contributed by atoms with E-state index in [2.05, 4.69) is 10.6 Å². The summed E-state index contributed by atoms with van der Waals surface area (Å²) in [6, 6.07) is 8.33. The highest BCUT2D eigenvalue weighted by molar-refractivity contribution is 5.95. The van der Waals surface area contributed by atoms with E-state index in [1.54, 1.807) is 12.1 Å². The van der Waals surface area contributed by atoms with Gasteiger partial charge in [0.25, 0.3) is 5.91 Å². The van der Waals surface area contributed by atoms with Crippen LogP contribution in [-0.4, -0.2) is 30.1 Å². The summed E-state index contributed by atoms with van der Waals surface area (Å²) in [5.74, 6) is -0.367. The third-order valence-corrected chi connectivity index (χ3v) is 3.82. The van der Waals surface area contributed by atoms with Gasteiger partial charge in [-0.05, 0) is 58.2 Å². The van der Waals surface area contributed by atoms with Crippen molar-refractivity contribution in [2.75, 3.05) is 13.6 Å². The zero-order valence-electron chi connectivity index (χ0n) is 13.8. The van der Waals surface area contributed by atoms with Crippen LogP contribution in [-0.2, 0) is 0 Å². The average molecular weight is 340 g/mol. The van der Waals surface area contributed by atoms with Crippen molar-refractivity contribution in [1.82, 2.24) is 15.2 Å². The van der Waals surface area contributed by atoms with Gasteiger partial charge < -0.3 is 15.2 Å². The summed E-state index contributed by atoms with van der Waals surface area (Å²) in [4.78, 5) is 12.3. The Morgan fingerprint density at radius 2 is 1.87 bits per heavy atom. The second-order valence-corrected chi connectivity index (χ2v) is 5.50. The Balaban J connectivity index is 0.00000264. The minimum absolute atomic E-state index is 0. The Hall–Kier alpha value is -1.85. The zero-order chi connectivity index (χ0) is 16.3. The maximum absolute atomic E-state index is 13.1. The molecule has 2 rings (SSSR count). The topological polar surface area (TPSA) is 46.1 Å². The van der Waals surface area contributed by atoms with E-state index in [0.29, 0.717) is 12.1 Å². The number of benzene rings is 1. The molecule has 23 heavy (non-hydrogen) atoms. The molecule has 1 aromatic carbocycles. The van der Waals surface area contributed by atoms with Gasteiger partial charge in [-0.15, -0.1) is 12.4 Å². The lowest BCUT2D eigenvalue weighted by atomic mass is 10.2. The maximum Gasteiger partial charge on any atom is 0.253 e. The van der Waals surface area contributed by atoms with Gasteiger partial charge >= 0.3 is 0 Å². The molecule has 2 N–H and O–H groups in total. The molecule has 1 aromatic heterocycles. The van der Waals surface area contributed by atoms with Crippen molar-refractivity contribution in [3.05, 3.63) is 53.1 Å². The van der Waals surface area contributed by atoms with Crippen LogP contribution < -0.4 is 10.6 Å². The summed E-state index contributed by atoms with van der Waals surface area (Å²) in [6.45, 7) is 6.40. The molecule has 0 aliphatic heterocycles. The average Bonchev–Trinajstić information content (AvgIpc) is 2.80. The fourth-order valence-corrected chi connectivity index (χ4v) is 2.42. The van der Waals surface area contributed by atoms with Crippen molar-refractivity contribution in [2.45, 2.75) is 26.8 Å². The fourth-order valence-electron chi connectivity index (χ4n) is 2.42. The molecule has 126 valence electrons. The van der Waals surface area contributed by atoms with Crippen molar-refractivity contribution in [2.24, 2.45) is 0 Å². The number of aromatic nitrogens is 1. The van der Waals surface area contributed by atoms with Crippen LogP contribution in [0.3, 0.4) is 0 Å².